The molecule has 0 unspecified atom stereocenters. The van der Waals surface area contributed by atoms with Crippen molar-refractivity contribution in [3.05, 3.63) is 59.5 Å². The van der Waals surface area contributed by atoms with Crippen LogP contribution in [0.5, 0.6) is 0 Å². The van der Waals surface area contributed by atoms with Crippen LogP contribution in [0.15, 0.2) is 42.9 Å². The molecule has 1 aromatic carbocycles. The Morgan fingerprint density at radius 1 is 1.18 bits per heavy atom. The molecule has 3 N–H and O–H groups in total. The third kappa shape index (κ3) is 4.46. The molecule has 0 atom stereocenters. The van der Waals surface area contributed by atoms with Gasteiger partial charge >= 0.3 is 6.03 Å². The number of fused-ring (bicyclic) bond motifs is 1. The van der Waals surface area contributed by atoms with Gasteiger partial charge in [0.1, 0.15) is 0 Å². The topological polar surface area (TPSA) is 100 Å². The number of nitrogens with one attached hydrogen (secondary N) is 3. The molecule has 0 fully saturated rings. The van der Waals surface area contributed by atoms with Gasteiger partial charge in [-0.3, -0.25) is 4.79 Å². The van der Waals surface area contributed by atoms with E-state index >= 15 is 0 Å². The van der Waals surface area contributed by atoms with Gasteiger partial charge in [0.2, 0.25) is 0 Å². The molecule has 8 heteroatoms. The molecule has 3 amide bonds. The van der Waals surface area contributed by atoms with Gasteiger partial charge in [0.05, 0.1) is 6.20 Å². The van der Waals surface area contributed by atoms with E-state index in [1.54, 1.807) is 47.4 Å². The van der Waals surface area contributed by atoms with Crippen LogP contribution >= 0.6 is 0 Å². The number of nitrogens with zero attached hydrogens (tertiary/aromatic N) is 3. The van der Waals surface area contributed by atoms with E-state index in [0.29, 0.717) is 22.5 Å². The number of anilines is 1. The molecule has 146 valence electrons. The molecule has 8 nitrogen and oxygen atoms in total. The summed E-state index contributed by atoms with van der Waals surface area (Å²) in [6.45, 7) is 7.86. The highest BCUT2D eigenvalue weighted by Gasteiger charge is 2.18. The van der Waals surface area contributed by atoms with Gasteiger partial charge in [-0.25, -0.2) is 14.3 Å². The first-order valence-corrected chi connectivity index (χ1v) is 8.99. The molecule has 0 aliphatic rings. The quantitative estimate of drug-likeness (QED) is 0.648. The maximum Gasteiger partial charge on any atom is 0.319 e. The van der Waals surface area contributed by atoms with Crippen LogP contribution in [0.3, 0.4) is 0 Å². The van der Waals surface area contributed by atoms with E-state index in [9.17, 15) is 9.59 Å². The molecule has 0 saturated carbocycles. The lowest BCUT2D eigenvalue weighted by atomic mass is 10.0. The molecule has 0 radical (unpaired) electrons. The number of carbonyl (C=O) groups excluding carboxylic acids is 2. The molecule has 28 heavy (non-hydrogen) atoms. The Hall–Kier alpha value is -3.42. The molecule has 0 aliphatic carbocycles. The number of carbonyl (C=O) groups is 2. The summed E-state index contributed by atoms with van der Waals surface area (Å²) in [5, 5.41) is 12.7. The Bertz CT molecular complexity index is 1020. The van der Waals surface area contributed by atoms with Crippen molar-refractivity contribution in [3.8, 4) is 0 Å². The van der Waals surface area contributed by atoms with E-state index in [4.69, 9.17) is 0 Å². The van der Waals surface area contributed by atoms with Crippen LogP contribution in [-0.4, -0.2) is 32.1 Å². The fourth-order valence-electron chi connectivity index (χ4n) is 2.77. The summed E-state index contributed by atoms with van der Waals surface area (Å²) in [5.41, 5.74) is 2.98. The maximum atomic E-state index is 12.5. The zero-order valence-electron chi connectivity index (χ0n) is 16.4. The molecular formula is C20H24N6O2. The highest BCUT2D eigenvalue weighted by atomic mass is 16.2. The Balaban J connectivity index is 1.67. The second-order valence-electron chi connectivity index (χ2n) is 7.55. The molecular weight excluding hydrogens is 356 g/mol. The summed E-state index contributed by atoms with van der Waals surface area (Å²) in [7, 11) is 0. The summed E-state index contributed by atoms with van der Waals surface area (Å²) in [6, 6.07) is 6.67. The van der Waals surface area contributed by atoms with E-state index in [2.05, 4.69) is 26.0 Å². The Morgan fingerprint density at radius 3 is 2.71 bits per heavy atom. The zero-order valence-corrected chi connectivity index (χ0v) is 16.4. The van der Waals surface area contributed by atoms with Crippen LogP contribution in [0.4, 0.5) is 10.5 Å². The minimum Gasteiger partial charge on any atom is -0.347 e. The molecule has 0 bridgehead atoms. The van der Waals surface area contributed by atoms with Gasteiger partial charge in [0.15, 0.2) is 5.65 Å². The smallest absolute Gasteiger partial charge is 0.319 e. The van der Waals surface area contributed by atoms with Crippen molar-refractivity contribution in [3.63, 3.8) is 0 Å². The van der Waals surface area contributed by atoms with Gasteiger partial charge in [-0.1, -0.05) is 6.07 Å². The standard InChI is InChI=1S/C20H24N6O2/c1-13-15(18(27)25-20(2,3)4)7-5-8-16(13)24-19(28)22-11-14-12-23-26-10-6-9-21-17(14)26/h5-10,12H,11H2,1-4H3,(H,25,27)(H2,22,24,28). The first-order chi connectivity index (χ1) is 13.2. The maximum absolute atomic E-state index is 12.5. The van der Waals surface area contributed by atoms with Crippen molar-refractivity contribution in [2.45, 2.75) is 39.8 Å². The first-order valence-electron chi connectivity index (χ1n) is 8.99. The van der Waals surface area contributed by atoms with Crippen LogP contribution in [0.25, 0.3) is 5.65 Å². The van der Waals surface area contributed by atoms with Gasteiger partial charge in [0.25, 0.3) is 5.91 Å². The number of hydrogen-bond donors (Lipinski definition) is 3. The fourth-order valence-corrected chi connectivity index (χ4v) is 2.77. The zero-order chi connectivity index (χ0) is 20.3. The molecule has 0 spiro atoms. The van der Waals surface area contributed by atoms with Crippen molar-refractivity contribution in [1.82, 2.24) is 25.2 Å². The van der Waals surface area contributed by atoms with Crippen molar-refractivity contribution in [1.29, 1.82) is 0 Å². The Kier molecular flexibility index (Phi) is 5.30. The second kappa shape index (κ2) is 7.67. The third-order valence-corrected chi connectivity index (χ3v) is 4.11. The minimum absolute atomic E-state index is 0.175. The lowest BCUT2D eigenvalue weighted by Crippen LogP contribution is -2.41. The largest absolute Gasteiger partial charge is 0.347 e. The molecule has 0 saturated heterocycles. The molecule has 2 aromatic heterocycles. The van der Waals surface area contributed by atoms with Crippen molar-refractivity contribution in [2.75, 3.05) is 5.32 Å². The average Bonchev–Trinajstić information content (AvgIpc) is 3.03. The van der Waals surface area contributed by atoms with Crippen LogP contribution in [0.1, 0.15) is 42.3 Å². The van der Waals surface area contributed by atoms with Crippen LogP contribution in [0, 0.1) is 6.92 Å². The van der Waals surface area contributed by atoms with Crippen molar-refractivity contribution < 1.29 is 9.59 Å². The van der Waals surface area contributed by atoms with E-state index in [1.165, 1.54) is 0 Å². The van der Waals surface area contributed by atoms with E-state index < -0.39 is 0 Å². The lowest BCUT2D eigenvalue weighted by Gasteiger charge is -2.21. The van der Waals surface area contributed by atoms with Crippen LogP contribution in [-0.2, 0) is 6.54 Å². The summed E-state index contributed by atoms with van der Waals surface area (Å²) in [6.07, 6.45) is 5.15. The Morgan fingerprint density at radius 2 is 1.96 bits per heavy atom. The Labute approximate surface area is 163 Å². The normalized spacial score (nSPS) is 11.3. The van der Waals surface area contributed by atoms with Crippen LogP contribution in [0.2, 0.25) is 0 Å². The molecule has 3 rings (SSSR count). The van der Waals surface area contributed by atoms with Gasteiger partial charge < -0.3 is 16.0 Å². The molecule has 3 aromatic rings. The van der Waals surface area contributed by atoms with Crippen molar-refractivity contribution >= 4 is 23.3 Å². The van der Waals surface area contributed by atoms with Gasteiger partial charge in [0, 0.05) is 41.3 Å². The SMILES string of the molecule is Cc1c(NC(=O)NCc2cnn3cccnc23)cccc1C(=O)NC(C)(C)C. The number of urea groups is 1. The highest BCUT2D eigenvalue weighted by Crippen LogP contribution is 2.19. The predicted octanol–water partition coefficient (Wildman–Crippen LogP) is 2.89. The summed E-state index contributed by atoms with van der Waals surface area (Å²) < 4.78 is 1.65. The van der Waals surface area contributed by atoms with Crippen molar-refractivity contribution in [2.24, 2.45) is 0 Å². The number of amides is 3. The lowest BCUT2D eigenvalue weighted by molar-refractivity contribution is 0.0919. The van der Waals surface area contributed by atoms with Crippen LogP contribution < -0.4 is 16.0 Å². The van der Waals surface area contributed by atoms with Gasteiger partial charge in [-0.2, -0.15) is 5.10 Å². The first kappa shape index (κ1) is 19.3. The van der Waals surface area contributed by atoms with Gasteiger partial charge in [-0.15, -0.1) is 0 Å². The van der Waals surface area contributed by atoms with E-state index in [-0.39, 0.29) is 24.0 Å². The summed E-state index contributed by atoms with van der Waals surface area (Å²) in [4.78, 5) is 29.1. The van der Waals surface area contributed by atoms with E-state index in [0.717, 1.165) is 5.56 Å². The average molecular weight is 380 g/mol. The molecule has 2 heterocycles. The van der Waals surface area contributed by atoms with E-state index in [1.807, 2.05) is 27.7 Å². The fraction of sp³-hybridized carbons (Fsp3) is 0.300. The molecule has 0 aliphatic heterocycles. The number of rotatable bonds is 4. The number of hydrogen-bond acceptors (Lipinski definition) is 4. The van der Waals surface area contributed by atoms with Gasteiger partial charge in [-0.05, 0) is 51.5 Å². The second-order valence-corrected chi connectivity index (χ2v) is 7.55. The summed E-state index contributed by atoms with van der Waals surface area (Å²) >= 11 is 0. The predicted molar refractivity (Wildman–Crippen MR) is 107 cm³/mol. The number of aromatic nitrogens is 3. The highest BCUT2D eigenvalue weighted by molar-refractivity contribution is 5.99. The summed E-state index contributed by atoms with van der Waals surface area (Å²) in [5.74, 6) is -0.175. The minimum atomic E-state index is -0.369. The number of benzene rings is 1. The monoisotopic (exact) mass is 380 g/mol. The third-order valence-electron chi connectivity index (χ3n) is 4.11.